The molecule has 0 bridgehead atoms. The number of nitrogens with zero attached hydrogens (tertiary/aromatic N) is 4. The standard InChI is InChI=1S/C33H30N6O7/c1-18-13-25-26(14-19(18)2)39(30-29(35-25)31(43)37-32(44)36-30)15-27(40)38(16-28(41)42)12-11-34-33(45)46-17-24-22-9-5-3-7-20(22)21-8-4-6-10-23(21)24/h3-10,13-14,24H,11-12,15-17H2,1-2H3,(H,34,45)(H,41,42)(H,37,43,44). The molecule has 3 N–H and O–H groups in total. The maximum Gasteiger partial charge on any atom is 0.407 e. The Balaban J connectivity index is 1.16. The lowest BCUT2D eigenvalue weighted by molar-refractivity contribution is -0.144. The molecule has 0 saturated heterocycles. The first-order chi connectivity index (χ1) is 22.1. The number of aryl methyl sites for hydroxylation is 2. The Morgan fingerprint density at radius 1 is 0.978 bits per heavy atom. The molecule has 6 rings (SSSR count). The van der Waals surface area contributed by atoms with Crippen molar-refractivity contribution in [2.24, 2.45) is 0 Å². The first-order valence-electron chi connectivity index (χ1n) is 14.6. The third kappa shape index (κ3) is 5.82. The van der Waals surface area contributed by atoms with Gasteiger partial charge in [-0.1, -0.05) is 48.5 Å². The summed E-state index contributed by atoms with van der Waals surface area (Å²) in [7, 11) is 0. The Kier molecular flexibility index (Phi) is 8.05. The predicted octanol–water partition coefficient (Wildman–Crippen LogP) is 2.65. The van der Waals surface area contributed by atoms with Crippen molar-refractivity contribution in [3.05, 3.63) is 104 Å². The molecule has 3 aromatic carbocycles. The molecule has 234 valence electrons. The van der Waals surface area contributed by atoms with E-state index in [4.69, 9.17) is 4.74 Å². The van der Waals surface area contributed by atoms with Crippen LogP contribution in [0.3, 0.4) is 0 Å². The number of aromatic nitrogens is 4. The zero-order chi connectivity index (χ0) is 32.5. The molecule has 1 aliphatic carbocycles. The number of H-pyrrole nitrogens is 1. The summed E-state index contributed by atoms with van der Waals surface area (Å²) < 4.78 is 6.93. The van der Waals surface area contributed by atoms with Crippen molar-refractivity contribution < 1.29 is 24.2 Å². The summed E-state index contributed by atoms with van der Waals surface area (Å²) >= 11 is 0. The number of benzene rings is 3. The molecular weight excluding hydrogens is 592 g/mol. The van der Waals surface area contributed by atoms with E-state index in [-0.39, 0.29) is 37.1 Å². The van der Waals surface area contributed by atoms with E-state index in [0.29, 0.717) is 11.0 Å². The van der Waals surface area contributed by atoms with Gasteiger partial charge in [0.15, 0.2) is 11.5 Å². The van der Waals surface area contributed by atoms with Crippen LogP contribution in [0.1, 0.15) is 28.2 Å². The highest BCUT2D eigenvalue weighted by Gasteiger charge is 2.29. The Morgan fingerprint density at radius 3 is 2.30 bits per heavy atom. The van der Waals surface area contributed by atoms with Gasteiger partial charge in [-0.25, -0.2) is 14.6 Å². The minimum atomic E-state index is -1.26. The number of ether oxygens (including phenoxy) is 1. The number of aliphatic carboxylic acids is 1. The van der Waals surface area contributed by atoms with Gasteiger partial charge in [-0.3, -0.25) is 19.4 Å². The van der Waals surface area contributed by atoms with Gasteiger partial charge < -0.3 is 24.6 Å². The Bertz CT molecular complexity index is 2060. The quantitative estimate of drug-likeness (QED) is 0.209. The van der Waals surface area contributed by atoms with Crippen molar-refractivity contribution in [3.63, 3.8) is 0 Å². The van der Waals surface area contributed by atoms with Crippen LogP contribution in [-0.4, -0.2) is 73.7 Å². The van der Waals surface area contributed by atoms with Crippen LogP contribution in [-0.2, 0) is 20.9 Å². The molecule has 0 atom stereocenters. The zero-order valence-electron chi connectivity index (χ0n) is 25.1. The van der Waals surface area contributed by atoms with Gasteiger partial charge in [0.1, 0.15) is 19.7 Å². The second-order valence-electron chi connectivity index (χ2n) is 11.1. The van der Waals surface area contributed by atoms with Gasteiger partial charge in [-0.15, -0.1) is 0 Å². The Morgan fingerprint density at radius 2 is 1.63 bits per heavy atom. The van der Waals surface area contributed by atoms with E-state index >= 15 is 0 Å². The van der Waals surface area contributed by atoms with Crippen LogP contribution in [0.5, 0.6) is 0 Å². The van der Waals surface area contributed by atoms with E-state index in [1.54, 1.807) is 12.1 Å². The number of alkyl carbamates (subject to hydrolysis) is 1. The maximum absolute atomic E-state index is 13.6. The SMILES string of the molecule is Cc1cc2nc3c(=O)[nH]c(=O)nc-3n(CC(=O)N(CCNC(=O)OCC3c4ccccc4-c4ccccc43)CC(=O)O)c2cc1C. The van der Waals surface area contributed by atoms with E-state index in [1.807, 2.05) is 62.4 Å². The average molecular weight is 623 g/mol. The lowest BCUT2D eigenvalue weighted by atomic mass is 9.98. The third-order valence-electron chi connectivity index (χ3n) is 8.19. The normalized spacial score (nSPS) is 12.1. The fourth-order valence-corrected chi connectivity index (χ4v) is 5.84. The number of aromatic amines is 1. The van der Waals surface area contributed by atoms with Gasteiger partial charge in [0.05, 0.1) is 11.0 Å². The highest BCUT2D eigenvalue weighted by atomic mass is 16.5. The number of nitrogens with one attached hydrogen (secondary N) is 2. The molecule has 0 aromatic heterocycles. The lowest BCUT2D eigenvalue weighted by Gasteiger charge is -2.23. The molecule has 3 aliphatic rings. The van der Waals surface area contributed by atoms with E-state index in [2.05, 4.69) is 20.3 Å². The number of carbonyl (C=O) groups excluding carboxylic acids is 2. The Labute approximate surface area is 261 Å². The molecule has 2 aliphatic heterocycles. The number of fused-ring (bicyclic) bond motifs is 5. The van der Waals surface area contributed by atoms with Crippen LogP contribution in [0.2, 0.25) is 0 Å². The van der Waals surface area contributed by atoms with Crippen molar-refractivity contribution in [2.75, 3.05) is 26.2 Å². The number of carboxylic acids is 1. The number of carboxylic acid groups (broad SMARTS) is 1. The minimum Gasteiger partial charge on any atom is -0.480 e. The van der Waals surface area contributed by atoms with Crippen LogP contribution in [0, 0.1) is 13.8 Å². The molecule has 0 unspecified atom stereocenters. The van der Waals surface area contributed by atoms with Crippen molar-refractivity contribution in [1.29, 1.82) is 0 Å². The van der Waals surface area contributed by atoms with Gasteiger partial charge in [0.25, 0.3) is 5.56 Å². The number of amides is 2. The number of hydrogen-bond acceptors (Lipinski definition) is 8. The second-order valence-corrected chi connectivity index (χ2v) is 11.1. The summed E-state index contributed by atoms with van der Waals surface area (Å²) in [6, 6.07) is 19.4. The van der Waals surface area contributed by atoms with Crippen LogP contribution >= 0.6 is 0 Å². The van der Waals surface area contributed by atoms with E-state index in [9.17, 15) is 29.1 Å². The molecule has 46 heavy (non-hydrogen) atoms. The van der Waals surface area contributed by atoms with E-state index in [1.165, 1.54) is 4.57 Å². The largest absolute Gasteiger partial charge is 0.480 e. The van der Waals surface area contributed by atoms with Crippen molar-refractivity contribution in [1.82, 2.24) is 29.7 Å². The first kappa shape index (κ1) is 30.2. The van der Waals surface area contributed by atoms with Crippen LogP contribution in [0.15, 0.2) is 70.3 Å². The van der Waals surface area contributed by atoms with Gasteiger partial charge in [0.2, 0.25) is 5.91 Å². The molecule has 0 spiro atoms. The van der Waals surface area contributed by atoms with Crippen molar-refractivity contribution in [2.45, 2.75) is 26.3 Å². The van der Waals surface area contributed by atoms with Crippen LogP contribution in [0.4, 0.5) is 4.79 Å². The zero-order valence-corrected chi connectivity index (χ0v) is 25.1. The third-order valence-corrected chi connectivity index (χ3v) is 8.19. The molecule has 13 nitrogen and oxygen atoms in total. The van der Waals surface area contributed by atoms with E-state index < -0.39 is 42.3 Å². The van der Waals surface area contributed by atoms with Crippen LogP contribution < -0.4 is 16.6 Å². The molecule has 0 saturated carbocycles. The minimum absolute atomic E-state index is 0.0842. The van der Waals surface area contributed by atoms with Gasteiger partial charge in [0, 0.05) is 19.0 Å². The van der Waals surface area contributed by atoms with Gasteiger partial charge in [-0.2, -0.15) is 4.98 Å². The second kappa shape index (κ2) is 12.3. The smallest absolute Gasteiger partial charge is 0.407 e. The highest BCUT2D eigenvalue weighted by Crippen LogP contribution is 2.44. The monoisotopic (exact) mass is 622 g/mol. The Hall–Kier alpha value is -5.85. The summed E-state index contributed by atoms with van der Waals surface area (Å²) in [6.07, 6.45) is -0.706. The molecule has 2 amide bonds. The van der Waals surface area contributed by atoms with Crippen molar-refractivity contribution in [3.8, 4) is 22.6 Å². The summed E-state index contributed by atoms with van der Waals surface area (Å²) in [5, 5.41) is 12.1. The fourth-order valence-electron chi connectivity index (χ4n) is 5.84. The number of rotatable bonds is 9. The van der Waals surface area contributed by atoms with Gasteiger partial charge in [-0.05, 0) is 59.4 Å². The molecule has 2 heterocycles. The predicted molar refractivity (Wildman–Crippen MR) is 168 cm³/mol. The van der Waals surface area contributed by atoms with Crippen molar-refractivity contribution >= 4 is 29.0 Å². The summed E-state index contributed by atoms with van der Waals surface area (Å²) in [6.45, 7) is 2.52. The lowest BCUT2D eigenvalue weighted by Crippen LogP contribution is -2.43. The molecule has 13 heteroatoms. The molecular formula is C33H30N6O7. The average Bonchev–Trinajstić information content (AvgIpc) is 3.34. The number of carbonyl (C=O) groups is 3. The summed E-state index contributed by atoms with van der Waals surface area (Å²) in [4.78, 5) is 74.0. The maximum atomic E-state index is 13.6. The molecule has 3 aromatic rings. The van der Waals surface area contributed by atoms with Gasteiger partial charge >= 0.3 is 17.8 Å². The summed E-state index contributed by atoms with van der Waals surface area (Å²) in [5.74, 6) is -2.13. The fraction of sp³-hybridized carbons (Fsp3) is 0.242. The first-order valence-corrected chi connectivity index (χ1v) is 14.6. The van der Waals surface area contributed by atoms with E-state index in [0.717, 1.165) is 38.3 Å². The topological polar surface area (TPSA) is 177 Å². The highest BCUT2D eigenvalue weighted by molar-refractivity contribution is 5.86. The number of hydrogen-bond donors (Lipinski definition) is 3. The molecule has 0 radical (unpaired) electrons. The van der Waals surface area contributed by atoms with Crippen LogP contribution in [0.25, 0.3) is 33.7 Å². The molecule has 0 fully saturated rings. The summed E-state index contributed by atoms with van der Waals surface area (Å²) in [5.41, 5.74) is 5.13.